The van der Waals surface area contributed by atoms with Gasteiger partial charge in [0.1, 0.15) is 4.90 Å². The third kappa shape index (κ3) is 4.87. The topological polar surface area (TPSA) is 55.4 Å². The summed E-state index contributed by atoms with van der Waals surface area (Å²) in [5.41, 5.74) is 1.15. The minimum Gasteiger partial charge on any atom is -0.404 e. The van der Waals surface area contributed by atoms with Gasteiger partial charge in [0.05, 0.1) is 0 Å². The molecule has 0 aliphatic carbocycles. The van der Waals surface area contributed by atoms with Gasteiger partial charge in [0.2, 0.25) is 0 Å². The zero-order valence-corrected chi connectivity index (χ0v) is 14.1. The first-order valence-corrected chi connectivity index (χ1v) is 8.49. The lowest BCUT2D eigenvalue weighted by molar-refractivity contribution is -0.275. The van der Waals surface area contributed by atoms with E-state index in [1.54, 1.807) is 12.1 Å². The second-order valence-electron chi connectivity index (χ2n) is 4.61. The van der Waals surface area contributed by atoms with Gasteiger partial charge in [0, 0.05) is 10.2 Å². The van der Waals surface area contributed by atoms with Crippen LogP contribution in [0.3, 0.4) is 0 Å². The maximum Gasteiger partial charge on any atom is 0.573 e. The van der Waals surface area contributed by atoms with Crippen LogP contribution in [0.25, 0.3) is 0 Å². The fourth-order valence-corrected chi connectivity index (χ4v) is 3.25. The Morgan fingerprint density at radius 3 is 2.26 bits per heavy atom. The third-order valence-electron chi connectivity index (χ3n) is 2.72. The van der Waals surface area contributed by atoms with E-state index in [2.05, 4.69) is 25.4 Å². The number of halogens is 4. The Morgan fingerprint density at radius 1 is 1.09 bits per heavy atom. The van der Waals surface area contributed by atoms with Gasteiger partial charge in [0.25, 0.3) is 10.0 Å². The van der Waals surface area contributed by atoms with E-state index in [0.717, 1.165) is 17.7 Å². The Bertz CT molecular complexity index is 805. The molecule has 2 aromatic rings. The summed E-state index contributed by atoms with van der Waals surface area (Å²) in [4.78, 5) is -0.612. The van der Waals surface area contributed by atoms with Crippen molar-refractivity contribution in [2.75, 3.05) is 4.72 Å². The third-order valence-corrected chi connectivity index (χ3v) is 4.64. The van der Waals surface area contributed by atoms with E-state index in [4.69, 9.17) is 0 Å². The number of alkyl halides is 3. The van der Waals surface area contributed by atoms with Gasteiger partial charge >= 0.3 is 6.36 Å². The van der Waals surface area contributed by atoms with Gasteiger partial charge in [-0.1, -0.05) is 33.6 Å². The minimum atomic E-state index is -5.01. The first kappa shape index (κ1) is 17.6. The predicted molar refractivity (Wildman–Crippen MR) is 82.8 cm³/mol. The molecule has 0 radical (unpaired) electrons. The molecule has 0 spiro atoms. The normalized spacial score (nSPS) is 12.0. The van der Waals surface area contributed by atoms with Crippen LogP contribution in [-0.4, -0.2) is 14.8 Å². The van der Waals surface area contributed by atoms with Crippen LogP contribution in [0.15, 0.2) is 51.8 Å². The number of ether oxygens (including phenoxy) is 1. The Labute approximate surface area is 139 Å². The molecule has 0 heterocycles. The molecule has 23 heavy (non-hydrogen) atoms. The van der Waals surface area contributed by atoms with Gasteiger partial charge in [-0.15, -0.1) is 13.2 Å². The lowest BCUT2D eigenvalue weighted by Gasteiger charge is -2.15. The summed E-state index contributed by atoms with van der Waals surface area (Å²) in [6, 6.07) is 9.65. The number of sulfonamides is 1. The van der Waals surface area contributed by atoms with Crippen LogP contribution in [0.5, 0.6) is 5.75 Å². The molecule has 0 unspecified atom stereocenters. The van der Waals surface area contributed by atoms with Crippen molar-refractivity contribution in [3.05, 3.63) is 52.5 Å². The zero-order valence-electron chi connectivity index (χ0n) is 11.7. The van der Waals surface area contributed by atoms with Gasteiger partial charge in [0.15, 0.2) is 5.75 Å². The first-order chi connectivity index (χ1) is 10.6. The quantitative estimate of drug-likeness (QED) is 0.810. The Kier molecular flexibility index (Phi) is 4.90. The molecular formula is C14H11BrF3NO3S. The van der Waals surface area contributed by atoms with Crippen molar-refractivity contribution >= 4 is 31.6 Å². The number of rotatable bonds is 4. The van der Waals surface area contributed by atoms with Crippen molar-refractivity contribution in [2.45, 2.75) is 18.2 Å². The van der Waals surface area contributed by atoms with Crippen molar-refractivity contribution in [1.29, 1.82) is 0 Å². The van der Waals surface area contributed by atoms with E-state index in [-0.39, 0.29) is 10.2 Å². The van der Waals surface area contributed by atoms with Gasteiger partial charge in [-0.05, 0) is 37.3 Å². The number of aryl methyl sites for hydroxylation is 1. The molecule has 0 bridgehead atoms. The van der Waals surface area contributed by atoms with Crippen molar-refractivity contribution in [3.63, 3.8) is 0 Å². The molecule has 0 amide bonds. The maximum absolute atomic E-state index is 12.5. The summed E-state index contributed by atoms with van der Waals surface area (Å²) in [5, 5.41) is 0. The summed E-state index contributed by atoms with van der Waals surface area (Å²) in [6.07, 6.45) is -5.01. The van der Waals surface area contributed by atoms with E-state index in [1.165, 1.54) is 18.2 Å². The summed E-state index contributed by atoms with van der Waals surface area (Å²) < 4.78 is 68.3. The van der Waals surface area contributed by atoms with Crippen molar-refractivity contribution in [2.24, 2.45) is 0 Å². The maximum atomic E-state index is 12.5. The molecule has 0 fully saturated rings. The average Bonchev–Trinajstić information content (AvgIpc) is 2.39. The Hall–Kier alpha value is -1.74. The molecule has 1 N–H and O–H groups in total. The van der Waals surface area contributed by atoms with Crippen LogP contribution in [0.4, 0.5) is 18.9 Å². The van der Waals surface area contributed by atoms with E-state index >= 15 is 0 Å². The summed E-state index contributed by atoms with van der Waals surface area (Å²) in [5.74, 6) is -0.813. The Morgan fingerprint density at radius 2 is 1.70 bits per heavy atom. The van der Waals surface area contributed by atoms with E-state index in [1.807, 2.05) is 6.92 Å². The molecule has 2 aromatic carbocycles. The largest absolute Gasteiger partial charge is 0.573 e. The SMILES string of the molecule is Cc1ccc(NS(=O)(=O)c2ccc(Br)cc2OC(F)(F)F)cc1. The van der Waals surface area contributed by atoms with E-state index in [9.17, 15) is 21.6 Å². The molecule has 0 atom stereocenters. The second kappa shape index (κ2) is 6.40. The van der Waals surface area contributed by atoms with Crippen molar-refractivity contribution in [3.8, 4) is 5.75 Å². The summed E-state index contributed by atoms with van der Waals surface area (Å²) in [6.45, 7) is 1.82. The van der Waals surface area contributed by atoms with Crippen LogP contribution in [0.1, 0.15) is 5.56 Å². The molecule has 0 saturated carbocycles. The zero-order chi connectivity index (χ0) is 17.3. The molecule has 0 aliphatic heterocycles. The van der Waals surface area contributed by atoms with Crippen LogP contribution in [0.2, 0.25) is 0 Å². The Balaban J connectivity index is 2.41. The molecule has 0 aliphatic rings. The van der Waals surface area contributed by atoms with Crippen LogP contribution in [0, 0.1) is 6.92 Å². The van der Waals surface area contributed by atoms with Crippen LogP contribution < -0.4 is 9.46 Å². The fourth-order valence-electron chi connectivity index (χ4n) is 1.74. The van der Waals surface area contributed by atoms with Crippen molar-refractivity contribution in [1.82, 2.24) is 0 Å². The fraction of sp³-hybridized carbons (Fsp3) is 0.143. The number of hydrogen-bond donors (Lipinski definition) is 1. The highest BCUT2D eigenvalue weighted by atomic mass is 79.9. The van der Waals surface area contributed by atoms with Gasteiger partial charge in [-0.25, -0.2) is 8.42 Å². The second-order valence-corrected chi connectivity index (χ2v) is 7.18. The number of benzene rings is 2. The monoisotopic (exact) mass is 409 g/mol. The lowest BCUT2D eigenvalue weighted by atomic mass is 10.2. The molecule has 0 aromatic heterocycles. The molecule has 0 saturated heterocycles. The highest BCUT2D eigenvalue weighted by molar-refractivity contribution is 9.10. The number of hydrogen-bond acceptors (Lipinski definition) is 3. The molecular weight excluding hydrogens is 399 g/mol. The van der Waals surface area contributed by atoms with Crippen LogP contribution in [-0.2, 0) is 10.0 Å². The molecule has 2 rings (SSSR count). The average molecular weight is 410 g/mol. The van der Waals surface area contributed by atoms with Gasteiger partial charge in [-0.2, -0.15) is 0 Å². The number of nitrogens with one attached hydrogen (secondary N) is 1. The smallest absolute Gasteiger partial charge is 0.404 e. The molecule has 4 nitrogen and oxygen atoms in total. The highest BCUT2D eigenvalue weighted by Crippen LogP contribution is 2.33. The highest BCUT2D eigenvalue weighted by Gasteiger charge is 2.34. The van der Waals surface area contributed by atoms with Gasteiger partial charge in [-0.3, -0.25) is 4.72 Å². The van der Waals surface area contributed by atoms with Gasteiger partial charge < -0.3 is 4.74 Å². The summed E-state index contributed by atoms with van der Waals surface area (Å²) >= 11 is 2.98. The predicted octanol–water partition coefficient (Wildman–Crippen LogP) is 4.46. The lowest BCUT2D eigenvalue weighted by Crippen LogP contribution is -2.21. The van der Waals surface area contributed by atoms with E-state index in [0.29, 0.717) is 0 Å². The van der Waals surface area contributed by atoms with Crippen molar-refractivity contribution < 1.29 is 26.3 Å². The number of anilines is 1. The molecule has 9 heteroatoms. The summed E-state index contributed by atoms with van der Waals surface area (Å²) in [7, 11) is -4.24. The first-order valence-electron chi connectivity index (χ1n) is 6.22. The minimum absolute atomic E-state index is 0.233. The van der Waals surface area contributed by atoms with Crippen LogP contribution >= 0.6 is 15.9 Å². The molecule has 124 valence electrons. The van der Waals surface area contributed by atoms with E-state index < -0.39 is 27.0 Å². The standard InChI is InChI=1S/C14H11BrF3NO3S/c1-9-2-5-11(6-3-9)19-23(20,21)13-7-4-10(15)8-12(13)22-14(16,17)18/h2-8,19H,1H3.